The van der Waals surface area contributed by atoms with Crippen molar-refractivity contribution in [2.24, 2.45) is 0 Å². The molecular formula is C19H15IN2OS. The molecule has 1 N–H and O–H groups in total. The summed E-state index contributed by atoms with van der Waals surface area (Å²) in [5.41, 5.74) is 2.51. The van der Waals surface area contributed by atoms with Gasteiger partial charge >= 0.3 is 0 Å². The average Bonchev–Trinajstić information content (AvgIpc) is 3.02. The van der Waals surface area contributed by atoms with Crippen LogP contribution < -0.4 is 10.2 Å². The van der Waals surface area contributed by atoms with Gasteiger partial charge in [-0.15, -0.1) is 11.3 Å². The highest BCUT2D eigenvalue weighted by atomic mass is 127. The summed E-state index contributed by atoms with van der Waals surface area (Å²) < 4.78 is 1.06. The standard InChI is InChI=1S/C19H15IN2OS/c1-12-7-10-17(24-12)18-21-16-9-8-13(20)11-15(16)19(23)22(18)14-5-3-2-4-6-14/h2-11,18,21H,1H3. The predicted molar refractivity (Wildman–Crippen MR) is 108 cm³/mol. The highest BCUT2D eigenvalue weighted by Crippen LogP contribution is 2.39. The number of anilines is 2. The van der Waals surface area contributed by atoms with E-state index >= 15 is 0 Å². The van der Waals surface area contributed by atoms with Crippen LogP contribution in [0.3, 0.4) is 0 Å². The van der Waals surface area contributed by atoms with Crippen molar-refractivity contribution in [1.82, 2.24) is 0 Å². The monoisotopic (exact) mass is 446 g/mol. The number of para-hydroxylation sites is 1. The van der Waals surface area contributed by atoms with Crippen LogP contribution in [-0.2, 0) is 0 Å². The first-order valence-electron chi connectivity index (χ1n) is 7.64. The Morgan fingerprint density at radius 3 is 2.58 bits per heavy atom. The lowest BCUT2D eigenvalue weighted by Crippen LogP contribution is -2.42. The van der Waals surface area contributed by atoms with Gasteiger partial charge in [0.15, 0.2) is 0 Å². The highest BCUT2D eigenvalue weighted by molar-refractivity contribution is 14.1. The van der Waals surface area contributed by atoms with Gasteiger partial charge in [-0.3, -0.25) is 9.69 Å². The number of fused-ring (bicyclic) bond motifs is 1. The van der Waals surface area contributed by atoms with Crippen molar-refractivity contribution in [3.8, 4) is 0 Å². The van der Waals surface area contributed by atoms with E-state index in [0.717, 1.165) is 25.4 Å². The van der Waals surface area contributed by atoms with Crippen LogP contribution in [0.25, 0.3) is 0 Å². The number of rotatable bonds is 2. The molecule has 0 saturated heterocycles. The molecule has 0 aliphatic carbocycles. The Morgan fingerprint density at radius 2 is 1.88 bits per heavy atom. The number of hydrogen-bond acceptors (Lipinski definition) is 3. The van der Waals surface area contributed by atoms with Gasteiger partial charge in [0.25, 0.3) is 5.91 Å². The van der Waals surface area contributed by atoms with E-state index in [2.05, 4.69) is 47.0 Å². The Hall–Kier alpha value is -1.86. The smallest absolute Gasteiger partial charge is 0.262 e. The van der Waals surface area contributed by atoms with Crippen molar-refractivity contribution in [1.29, 1.82) is 0 Å². The SMILES string of the molecule is Cc1ccc(C2Nc3ccc(I)cc3C(=O)N2c2ccccc2)s1. The summed E-state index contributed by atoms with van der Waals surface area (Å²) in [7, 11) is 0. The number of thiophene rings is 1. The second-order valence-corrected chi connectivity index (χ2v) is 8.26. The van der Waals surface area contributed by atoms with Crippen LogP contribution >= 0.6 is 33.9 Å². The first-order chi connectivity index (χ1) is 11.6. The van der Waals surface area contributed by atoms with E-state index in [1.807, 2.05) is 53.4 Å². The lowest BCUT2D eigenvalue weighted by molar-refractivity contribution is 0.0975. The zero-order chi connectivity index (χ0) is 16.7. The molecule has 2 heterocycles. The van der Waals surface area contributed by atoms with Gasteiger partial charge < -0.3 is 5.32 Å². The second kappa shape index (κ2) is 6.22. The van der Waals surface area contributed by atoms with Crippen molar-refractivity contribution in [2.75, 3.05) is 10.2 Å². The quantitative estimate of drug-likeness (QED) is 0.533. The first kappa shape index (κ1) is 15.7. The molecule has 2 aromatic carbocycles. The van der Waals surface area contributed by atoms with Gasteiger partial charge in [-0.1, -0.05) is 18.2 Å². The number of nitrogens with one attached hydrogen (secondary N) is 1. The third-order valence-corrected chi connectivity index (χ3v) is 5.77. The minimum Gasteiger partial charge on any atom is -0.360 e. The fraction of sp³-hybridized carbons (Fsp3) is 0.105. The number of carbonyl (C=O) groups excluding carboxylic acids is 1. The van der Waals surface area contributed by atoms with Gasteiger partial charge in [0.05, 0.1) is 5.56 Å². The minimum absolute atomic E-state index is 0.0320. The Labute approximate surface area is 158 Å². The lowest BCUT2D eigenvalue weighted by atomic mass is 10.1. The van der Waals surface area contributed by atoms with Crippen molar-refractivity contribution in [3.05, 3.63) is 79.6 Å². The van der Waals surface area contributed by atoms with E-state index < -0.39 is 0 Å². The molecule has 3 nitrogen and oxygen atoms in total. The van der Waals surface area contributed by atoms with Gasteiger partial charge in [0.2, 0.25) is 0 Å². The molecule has 1 unspecified atom stereocenters. The molecule has 0 bridgehead atoms. The summed E-state index contributed by atoms with van der Waals surface area (Å²) in [6, 6.07) is 20.0. The van der Waals surface area contributed by atoms with Crippen molar-refractivity contribution >= 4 is 51.2 Å². The van der Waals surface area contributed by atoms with Crippen LogP contribution in [0.5, 0.6) is 0 Å². The van der Waals surface area contributed by atoms with Gasteiger partial charge in [-0.05, 0) is 72.0 Å². The van der Waals surface area contributed by atoms with Crippen molar-refractivity contribution < 1.29 is 4.79 Å². The molecule has 0 saturated carbocycles. The summed E-state index contributed by atoms with van der Waals surface area (Å²) in [6.07, 6.45) is -0.189. The Morgan fingerprint density at radius 1 is 1.08 bits per heavy atom. The molecule has 0 fully saturated rings. The number of aryl methyl sites for hydroxylation is 1. The minimum atomic E-state index is -0.189. The van der Waals surface area contributed by atoms with Crippen LogP contribution in [0.15, 0.2) is 60.7 Å². The molecule has 120 valence electrons. The third kappa shape index (κ3) is 2.71. The molecule has 1 aliphatic heterocycles. The maximum Gasteiger partial charge on any atom is 0.262 e. The Kier molecular flexibility index (Phi) is 4.05. The van der Waals surface area contributed by atoms with E-state index in [0.29, 0.717) is 0 Å². The van der Waals surface area contributed by atoms with Crippen molar-refractivity contribution in [3.63, 3.8) is 0 Å². The summed E-state index contributed by atoms with van der Waals surface area (Å²) in [5, 5.41) is 3.54. The van der Waals surface area contributed by atoms with Crippen LogP contribution in [0, 0.1) is 10.5 Å². The van der Waals surface area contributed by atoms with Gasteiger partial charge in [-0.2, -0.15) is 0 Å². The van der Waals surface area contributed by atoms with Gasteiger partial charge in [-0.25, -0.2) is 0 Å². The number of hydrogen-bond donors (Lipinski definition) is 1. The van der Waals surface area contributed by atoms with E-state index in [-0.39, 0.29) is 12.1 Å². The maximum atomic E-state index is 13.2. The summed E-state index contributed by atoms with van der Waals surface area (Å²) in [4.78, 5) is 17.5. The fourth-order valence-electron chi connectivity index (χ4n) is 2.93. The molecule has 0 radical (unpaired) electrons. The molecule has 3 aromatic rings. The van der Waals surface area contributed by atoms with E-state index in [1.54, 1.807) is 11.3 Å². The molecular weight excluding hydrogens is 431 g/mol. The molecule has 24 heavy (non-hydrogen) atoms. The molecule has 4 rings (SSSR count). The molecule has 1 aliphatic rings. The highest BCUT2D eigenvalue weighted by Gasteiger charge is 2.34. The normalized spacial score (nSPS) is 16.7. The van der Waals surface area contributed by atoms with Crippen LogP contribution in [0.2, 0.25) is 0 Å². The predicted octanol–water partition coefficient (Wildman–Crippen LogP) is 5.43. The van der Waals surface area contributed by atoms with Gasteiger partial charge in [0.1, 0.15) is 6.17 Å². The van der Waals surface area contributed by atoms with Gasteiger partial charge in [0, 0.05) is 24.7 Å². The topological polar surface area (TPSA) is 32.3 Å². The number of amides is 1. The fourth-order valence-corrected chi connectivity index (χ4v) is 4.34. The van der Waals surface area contributed by atoms with Crippen molar-refractivity contribution in [2.45, 2.75) is 13.1 Å². The summed E-state index contributed by atoms with van der Waals surface area (Å²) in [6.45, 7) is 2.09. The number of carbonyl (C=O) groups is 1. The molecule has 1 aromatic heterocycles. The molecule has 1 amide bonds. The van der Waals surface area contributed by atoms with E-state index in [1.165, 1.54) is 4.88 Å². The zero-order valence-corrected chi connectivity index (χ0v) is 16.0. The third-order valence-electron chi connectivity index (χ3n) is 4.05. The van der Waals surface area contributed by atoms with Crippen LogP contribution in [-0.4, -0.2) is 5.91 Å². The number of halogens is 1. The van der Waals surface area contributed by atoms with Crippen LogP contribution in [0.4, 0.5) is 11.4 Å². The largest absolute Gasteiger partial charge is 0.360 e. The number of nitrogens with zero attached hydrogens (tertiary/aromatic N) is 1. The van der Waals surface area contributed by atoms with E-state index in [9.17, 15) is 4.79 Å². The summed E-state index contributed by atoms with van der Waals surface area (Å²) in [5.74, 6) is 0.0320. The van der Waals surface area contributed by atoms with Crippen LogP contribution in [0.1, 0.15) is 26.3 Å². The maximum absolute atomic E-state index is 13.2. The average molecular weight is 446 g/mol. The summed E-state index contributed by atoms with van der Waals surface area (Å²) >= 11 is 3.96. The Balaban J connectivity index is 1.87. The molecule has 0 spiro atoms. The second-order valence-electron chi connectivity index (χ2n) is 5.70. The van der Waals surface area contributed by atoms with E-state index in [4.69, 9.17) is 0 Å². The molecule has 5 heteroatoms. The zero-order valence-electron chi connectivity index (χ0n) is 13.0. The first-order valence-corrected chi connectivity index (χ1v) is 9.54. The lowest BCUT2D eigenvalue weighted by Gasteiger charge is -2.37. The number of benzene rings is 2. The Bertz CT molecular complexity index is 907. The molecule has 1 atom stereocenters.